The van der Waals surface area contributed by atoms with Gasteiger partial charge in [-0.2, -0.15) is 0 Å². The summed E-state index contributed by atoms with van der Waals surface area (Å²) in [5.74, 6) is -0.870. The van der Waals surface area contributed by atoms with E-state index in [4.69, 9.17) is 18.9 Å². The number of rotatable bonds is 7. The molecule has 2 heterocycles. The lowest BCUT2D eigenvalue weighted by atomic mass is 9.92. The molecule has 8 heteroatoms. The van der Waals surface area contributed by atoms with Crippen molar-refractivity contribution < 1.29 is 28.1 Å². The van der Waals surface area contributed by atoms with Crippen LogP contribution in [0.3, 0.4) is 0 Å². The third kappa shape index (κ3) is 4.27. The highest BCUT2D eigenvalue weighted by Gasteiger charge is 2.49. The maximum Gasteiger partial charge on any atom is 0.288 e. The molecule has 1 amide bonds. The molecule has 1 atom stereocenters. The Morgan fingerprint density at radius 1 is 1.19 bits per heavy atom. The Morgan fingerprint density at radius 2 is 1.92 bits per heavy atom. The first-order valence-corrected chi connectivity index (χ1v) is 11.9. The van der Waals surface area contributed by atoms with Crippen LogP contribution in [-0.4, -0.2) is 44.1 Å². The van der Waals surface area contributed by atoms with Gasteiger partial charge in [0.05, 0.1) is 34.0 Å². The lowest BCUT2D eigenvalue weighted by molar-refractivity contribution is -0.150. The topological polar surface area (TPSA) is 81.8 Å². The van der Waals surface area contributed by atoms with Gasteiger partial charge in [0.1, 0.15) is 5.82 Å². The predicted octanol–water partition coefficient (Wildman–Crippen LogP) is 4.47. The summed E-state index contributed by atoms with van der Waals surface area (Å²) in [6.07, 6.45) is 7.75. The summed E-state index contributed by atoms with van der Waals surface area (Å²) in [6.45, 7) is 3.26. The van der Waals surface area contributed by atoms with Crippen molar-refractivity contribution in [1.29, 1.82) is 0 Å². The molecular formula is C28H29FN2O5. The number of aromatic amines is 1. The van der Waals surface area contributed by atoms with Crippen molar-refractivity contribution in [1.82, 2.24) is 10.3 Å². The molecular weight excluding hydrogens is 463 g/mol. The average Bonchev–Trinajstić information content (AvgIpc) is 3.62. The zero-order chi connectivity index (χ0) is 25.3. The summed E-state index contributed by atoms with van der Waals surface area (Å²) in [5.41, 5.74) is 5.37. The molecule has 1 spiro atoms. The molecule has 2 aromatic rings. The van der Waals surface area contributed by atoms with Gasteiger partial charge in [-0.15, -0.1) is 0 Å². The van der Waals surface area contributed by atoms with Crippen LogP contribution < -0.4 is 5.32 Å². The Labute approximate surface area is 209 Å². The SMILES string of the molecule is COC1=CC(=CC2=C(C)C(CC(=O)NCc3ccc[nH]3)c3cc(F)ccc32)C=C(OC)C12OCCO2. The molecule has 1 saturated heterocycles. The van der Waals surface area contributed by atoms with Gasteiger partial charge in [-0.1, -0.05) is 11.6 Å². The molecule has 0 radical (unpaired) electrons. The monoisotopic (exact) mass is 492 g/mol. The van der Waals surface area contributed by atoms with Crippen molar-refractivity contribution in [3.05, 3.63) is 100 Å². The number of hydrogen-bond donors (Lipinski definition) is 2. The zero-order valence-electron chi connectivity index (χ0n) is 20.5. The number of nitrogens with one attached hydrogen (secondary N) is 2. The number of hydrogen-bond acceptors (Lipinski definition) is 5. The van der Waals surface area contributed by atoms with E-state index in [1.54, 1.807) is 20.3 Å². The highest BCUT2D eigenvalue weighted by molar-refractivity contribution is 5.88. The second-order valence-electron chi connectivity index (χ2n) is 8.94. The van der Waals surface area contributed by atoms with E-state index in [1.165, 1.54) is 12.1 Å². The van der Waals surface area contributed by atoms with E-state index in [2.05, 4.69) is 10.3 Å². The first-order chi connectivity index (χ1) is 17.4. The summed E-state index contributed by atoms with van der Waals surface area (Å²) in [5, 5.41) is 2.95. The van der Waals surface area contributed by atoms with Crippen LogP contribution in [0.4, 0.5) is 4.39 Å². The Hall–Kier alpha value is -3.62. The third-order valence-electron chi connectivity index (χ3n) is 6.84. The fraction of sp³-hybridized carbons (Fsp3) is 0.321. The molecule has 1 aromatic carbocycles. The van der Waals surface area contributed by atoms with Crippen LogP contribution in [0.2, 0.25) is 0 Å². The number of carbonyl (C=O) groups is 1. The molecule has 7 nitrogen and oxygen atoms in total. The van der Waals surface area contributed by atoms with Gasteiger partial charge in [-0.25, -0.2) is 4.39 Å². The highest BCUT2D eigenvalue weighted by atomic mass is 19.1. The fourth-order valence-electron chi connectivity index (χ4n) is 5.07. The molecule has 36 heavy (non-hydrogen) atoms. The van der Waals surface area contributed by atoms with Crippen LogP contribution in [0.15, 0.2) is 77.4 Å². The van der Waals surface area contributed by atoms with Gasteiger partial charge in [0.25, 0.3) is 5.79 Å². The second kappa shape index (κ2) is 9.79. The summed E-state index contributed by atoms with van der Waals surface area (Å²) in [4.78, 5) is 15.9. The van der Waals surface area contributed by atoms with Crippen LogP contribution in [-0.2, 0) is 30.3 Å². The van der Waals surface area contributed by atoms with E-state index in [0.29, 0.717) is 31.3 Å². The highest BCUT2D eigenvalue weighted by Crippen LogP contribution is 2.46. The first kappa shape index (κ1) is 24.1. The van der Waals surface area contributed by atoms with E-state index in [9.17, 15) is 9.18 Å². The lowest BCUT2D eigenvalue weighted by Crippen LogP contribution is -2.38. The standard InChI is InChI=1S/C28H29FN2O5/c1-17-22(11-18-12-25(33-2)28(26(13-18)34-3)35-9-10-36-28)21-7-6-19(29)14-24(21)23(17)15-27(32)31-16-20-5-4-8-30-20/h4-8,11-14,23,30H,9-10,15-16H2,1-3H3,(H,31,32). The van der Waals surface area contributed by atoms with Crippen LogP contribution in [0.5, 0.6) is 0 Å². The van der Waals surface area contributed by atoms with Crippen molar-refractivity contribution in [3.63, 3.8) is 0 Å². The van der Waals surface area contributed by atoms with Crippen molar-refractivity contribution in [2.45, 2.75) is 31.6 Å². The number of methoxy groups -OCH3 is 2. The quantitative estimate of drug-likeness (QED) is 0.596. The molecule has 1 aromatic heterocycles. The Morgan fingerprint density at radius 3 is 2.56 bits per heavy atom. The van der Waals surface area contributed by atoms with Crippen molar-refractivity contribution in [3.8, 4) is 0 Å². The number of benzene rings is 1. The van der Waals surface area contributed by atoms with E-state index in [1.807, 2.05) is 43.5 Å². The molecule has 2 N–H and O–H groups in total. The second-order valence-corrected chi connectivity index (χ2v) is 8.94. The van der Waals surface area contributed by atoms with Crippen molar-refractivity contribution >= 4 is 11.5 Å². The maximum absolute atomic E-state index is 14.3. The van der Waals surface area contributed by atoms with Crippen LogP contribution in [0.25, 0.3) is 5.57 Å². The van der Waals surface area contributed by atoms with Crippen LogP contribution >= 0.6 is 0 Å². The van der Waals surface area contributed by atoms with Gasteiger partial charge in [0, 0.05) is 24.2 Å². The largest absolute Gasteiger partial charge is 0.495 e. The summed E-state index contributed by atoms with van der Waals surface area (Å²) < 4.78 is 37.3. The van der Waals surface area contributed by atoms with Gasteiger partial charge in [0.2, 0.25) is 5.91 Å². The van der Waals surface area contributed by atoms with Gasteiger partial charge >= 0.3 is 0 Å². The van der Waals surface area contributed by atoms with Crippen molar-refractivity contribution in [2.75, 3.05) is 27.4 Å². The molecule has 0 saturated carbocycles. The minimum atomic E-state index is -1.18. The maximum atomic E-state index is 14.3. The molecule has 3 aliphatic rings. The summed E-state index contributed by atoms with van der Waals surface area (Å²) >= 11 is 0. The number of fused-ring (bicyclic) bond motifs is 1. The molecule has 0 bridgehead atoms. The lowest BCUT2D eigenvalue weighted by Gasteiger charge is -2.32. The van der Waals surface area contributed by atoms with Crippen molar-refractivity contribution in [2.24, 2.45) is 0 Å². The van der Waals surface area contributed by atoms with E-state index in [0.717, 1.165) is 33.5 Å². The van der Waals surface area contributed by atoms with Gasteiger partial charge < -0.3 is 29.2 Å². The van der Waals surface area contributed by atoms with E-state index >= 15 is 0 Å². The Kier molecular flexibility index (Phi) is 6.55. The number of carbonyl (C=O) groups excluding carboxylic acids is 1. The minimum Gasteiger partial charge on any atom is -0.495 e. The van der Waals surface area contributed by atoms with Crippen LogP contribution in [0, 0.1) is 5.82 Å². The van der Waals surface area contributed by atoms with E-state index < -0.39 is 5.79 Å². The number of H-pyrrole nitrogens is 1. The normalized spacial score (nSPS) is 20.2. The molecule has 188 valence electrons. The molecule has 1 unspecified atom stereocenters. The van der Waals surface area contributed by atoms with Gasteiger partial charge in [0.15, 0.2) is 11.5 Å². The predicted molar refractivity (Wildman–Crippen MR) is 132 cm³/mol. The molecule has 5 rings (SSSR count). The molecule has 1 fully saturated rings. The van der Waals surface area contributed by atoms with Gasteiger partial charge in [-0.3, -0.25) is 4.79 Å². The smallest absolute Gasteiger partial charge is 0.288 e. The minimum absolute atomic E-state index is 0.101. The Bertz CT molecular complexity index is 1260. The first-order valence-electron chi connectivity index (χ1n) is 11.9. The number of allylic oxidation sites excluding steroid dienone is 6. The summed E-state index contributed by atoms with van der Waals surface area (Å²) in [6, 6.07) is 8.54. The number of ether oxygens (including phenoxy) is 4. The number of amides is 1. The number of halogens is 1. The van der Waals surface area contributed by atoms with E-state index in [-0.39, 0.29) is 24.1 Å². The molecule has 2 aliphatic carbocycles. The van der Waals surface area contributed by atoms with Gasteiger partial charge in [-0.05, 0) is 71.7 Å². The van der Waals surface area contributed by atoms with Crippen LogP contribution in [0.1, 0.15) is 36.1 Å². The molecule has 1 aliphatic heterocycles. The zero-order valence-corrected chi connectivity index (χ0v) is 20.5. The average molecular weight is 493 g/mol. The fourth-order valence-corrected chi connectivity index (χ4v) is 5.07. The summed E-state index contributed by atoms with van der Waals surface area (Å²) in [7, 11) is 3.13. The Balaban J connectivity index is 1.47. The third-order valence-corrected chi connectivity index (χ3v) is 6.84. The number of aromatic nitrogens is 1.